The van der Waals surface area contributed by atoms with Crippen LogP contribution in [0.15, 0.2) is 0 Å². The minimum Gasteiger partial charge on any atom is -0.460 e. The first-order chi connectivity index (χ1) is 12.0. The lowest BCUT2D eigenvalue weighted by atomic mass is 10.0. The third-order valence-electron chi connectivity index (χ3n) is 4.37. The molecule has 0 N–H and O–H groups in total. The van der Waals surface area contributed by atoms with Crippen LogP contribution in [-0.4, -0.2) is 17.9 Å². The smallest absolute Gasteiger partial charge is 0.306 e. The summed E-state index contributed by atoms with van der Waals surface area (Å²) in [5, 5.41) is 0. The molecule has 0 saturated heterocycles. The van der Waals surface area contributed by atoms with Crippen molar-refractivity contribution in [3.8, 4) is 0 Å². The maximum atomic E-state index is 11.6. The van der Waals surface area contributed by atoms with Crippen LogP contribution in [0.25, 0.3) is 0 Å². The Hall–Kier alpha value is -0.860. The van der Waals surface area contributed by atoms with E-state index in [9.17, 15) is 9.59 Å². The third-order valence-corrected chi connectivity index (χ3v) is 4.37. The van der Waals surface area contributed by atoms with Crippen molar-refractivity contribution in [2.75, 3.05) is 0 Å². The fraction of sp³-hybridized carbons (Fsp3) is 0.909. The monoisotopic (exact) mass is 354 g/mol. The number of unbranched alkanes of at least 4 members (excludes halogenated alkanes) is 14. The summed E-state index contributed by atoms with van der Waals surface area (Å²) >= 11 is 0. The van der Waals surface area contributed by atoms with E-state index >= 15 is 0 Å². The summed E-state index contributed by atoms with van der Waals surface area (Å²) in [7, 11) is 0. The van der Waals surface area contributed by atoms with Crippen molar-refractivity contribution in [1.29, 1.82) is 0 Å². The minimum absolute atomic E-state index is 0.0590. The van der Waals surface area contributed by atoms with E-state index in [1.807, 2.05) is 20.8 Å². The van der Waals surface area contributed by atoms with Crippen molar-refractivity contribution < 1.29 is 14.3 Å². The molecule has 0 rings (SSSR count). The highest BCUT2D eigenvalue weighted by atomic mass is 16.6. The Morgan fingerprint density at radius 1 is 0.680 bits per heavy atom. The number of carbonyl (C=O) groups excluding carboxylic acids is 2. The van der Waals surface area contributed by atoms with Gasteiger partial charge in [0, 0.05) is 12.8 Å². The Morgan fingerprint density at radius 2 is 1.04 bits per heavy atom. The molecule has 0 aliphatic heterocycles. The van der Waals surface area contributed by atoms with E-state index in [2.05, 4.69) is 0 Å². The van der Waals surface area contributed by atoms with Crippen molar-refractivity contribution in [2.24, 2.45) is 0 Å². The molecule has 3 nitrogen and oxygen atoms in total. The van der Waals surface area contributed by atoms with E-state index in [1.165, 1.54) is 70.6 Å². The van der Waals surface area contributed by atoms with Crippen LogP contribution >= 0.6 is 0 Å². The Labute approximate surface area is 156 Å². The lowest BCUT2D eigenvalue weighted by Crippen LogP contribution is -2.23. The van der Waals surface area contributed by atoms with Crippen LogP contribution in [0.4, 0.5) is 0 Å². The number of ether oxygens (including phenoxy) is 1. The maximum Gasteiger partial charge on any atom is 0.306 e. The largest absolute Gasteiger partial charge is 0.460 e. The zero-order valence-corrected chi connectivity index (χ0v) is 17.1. The Morgan fingerprint density at radius 3 is 1.40 bits per heavy atom. The Kier molecular flexibility index (Phi) is 16.0. The number of carbonyl (C=O) groups is 2. The fourth-order valence-corrected chi connectivity index (χ4v) is 3.01. The molecule has 0 amide bonds. The van der Waals surface area contributed by atoms with Crippen molar-refractivity contribution in [2.45, 2.75) is 129 Å². The van der Waals surface area contributed by atoms with Crippen LogP contribution in [0.2, 0.25) is 0 Å². The highest BCUT2D eigenvalue weighted by molar-refractivity contribution is 5.69. The second kappa shape index (κ2) is 16.6. The summed E-state index contributed by atoms with van der Waals surface area (Å²) in [4.78, 5) is 21.8. The third kappa shape index (κ3) is 21.1. The van der Waals surface area contributed by atoms with Crippen molar-refractivity contribution in [3.05, 3.63) is 0 Å². The van der Waals surface area contributed by atoms with Gasteiger partial charge in [-0.1, -0.05) is 77.0 Å². The number of esters is 1. The van der Waals surface area contributed by atoms with Crippen LogP contribution in [0, 0.1) is 0 Å². The first-order valence-electron chi connectivity index (χ1n) is 10.6. The zero-order valence-electron chi connectivity index (χ0n) is 17.1. The van der Waals surface area contributed by atoms with Gasteiger partial charge in [0.1, 0.15) is 11.9 Å². The van der Waals surface area contributed by atoms with Crippen LogP contribution in [-0.2, 0) is 14.3 Å². The van der Waals surface area contributed by atoms with Crippen molar-refractivity contribution in [1.82, 2.24) is 0 Å². The first-order valence-corrected chi connectivity index (χ1v) is 10.6. The minimum atomic E-state index is -0.354. The second-order valence-electron chi connectivity index (χ2n) is 8.24. The fourth-order valence-electron chi connectivity index (χ4n) is 3.01. The number of aldehydes is 1. The summed E-state index contributed by atoms with van der Waals surface area (Å²) in [6, 6.07) is 0. The molecule has 0 saturated carbocycles. The highest BCUT2D eigenvalue weighted by Gasteiger charge is 2.15. The molecule has 0 aromatic rings. The topological polar surface area (TPSA) is 43.4 Å². The predicted molar refractivity (Wildman–Crippen MR) is 106 cm³/mol. The van der Waals surface area contributed by atoms with Gasteiger partial charge in [0.05, 0.1) is 0 Å². The molecule has 0 spiro atoms. The molecule has 0 heterocycles. The van der Waals surface area contributed by atoms with E-state index in [4.69, 9.17) is 4.74 Å². The molecule has 0 aliphatic carbocycles. The van der Waals surface area contributed by atoms with E-state index in [0.29, 0.717) is 6.42 Å². The molecule has 0 bridgehead atoms. The van der Waals surface area contributed by atoms with Gasteiger partial charge in [0.15, 0.2) is 0 Å². The molecule has 0 radical (unpaired) electrons. The Bertz CT molecular complexity index is 318. The van der Waals surface area contributed by atoms with Gasteiger partial charge in [-0.15, -0.1) is 0 Å². The quantitative estimate of drug-likeness (QED) is 0.164. The van der Waals surface area contributed by atoms with Gasteiger partial charge < -0.3 is 9.53 Å². The van der Waals surface area contributed by atoms with Gasteiger partial charge >= 0.3 is 5.97 Å². The standard InChI is InChI=1S/C22H42O3/c1-22(2,3)25-21(24)19-17-15-13-11-9-7-5-4-6-8-10-12-14-16-18-20-23/h20H,4-19H2,1-3H3. The molecule has 0 aliphatic rings. The maximum absolute atomic E-state index is 11.6. The van der Waals surface area contributed by atoms with Crippen LogP contribution in [0.3, 0.4) is 0 Å². The zero-order chi connectivity index (χ0) is 18.8. The molecule has 25 heavy (non-hydrogen) atoms. The predicted octanol–water partition coefficient (Wildman–Crippen LogP) is 6.77. The van der Waals surface area contributed by atoms with Gasteiger partial charge in [0.2, 0.25) is 0 Å². The van der Waals surface area contributed by atoms with E-state index in [0.717, 1.165) is 32.0 Å². The summed E-state index contributed by atoms with van der Waals surface area (Å²) in [6.07, 6.45) is 20.0. The average molecular weight is 355 g/mol. The van der Waals surface area contributed by atoms with Gasteiger partial charge in [0.25, 0.3) is 0 Å². The first kappa shape index (κ1) is 24.1. The molecule has 3 heteroatoms. The number of hydrogen-bond donors (Lipinski definition) is 0. The molecule has 0 unspecified atom stereocenters. The summed E-state index contributed by atoms with van der Waals surface area (Å²) in [6.45, 7) is 5.75. The summed E-state index contributed by atoms with van der Waals surface area (Å²) in [5.74, 6) is -0.0590. The van der Waals surface area contributed by atoms with Crippen molar-refractivity contribution in [3.63, 3.8) is 0 Å². The molecular formula is C22H42O3. The van der Waals surface area contributed by atoms with Gasteiger partial charge in [-0.2, -0.15) is 0 Å². The molecule has 0 aromatic carbocycles. The second-order valence-corrected chi connectivity index (χ2v) is 8.24. The van der Waals surface area contributed by atoms with Crippen LogP contribution in [0.1, 0.15) is 124 Å². The summed E-state index contributed by atoms with van der Waals surface area (Å²) < 4.78 is 5.31. The van der Waals surface area contributed by atoms with Gasteiger partial charge in [-0.05, 0) is 33.6 Å². The van der Waals surface area contributed by atoms with E-state index < -0.39 is 0 Å². The normalized spacial score (nSPS) is 11.5. The molecule has 148 valence electrons. The number of hydrogen-bond acceptors (Lipinski definition) is 3. The summed E-state index contributed by atoms with van der Waals surface area (Å²) in [5.41, 5.74) is -0.354. The number of rotatable bonds is 17. The van der Waals surface area contributed by atoms with Crippen LogP contribution in [0.5, 0.6) is 0 Å². The van der Waals surface area contributed by atoms with E-state index in [1.54, 1.807) is 0 Å². The lowest BCUT2D eigenvalue weighted by molar-refractivity contribution is -0.154. The van der Waals surface area contributed by atoms with Crippen molar-refractivity contribution >= 4 is 12.3 Å². The van der Waals surface area contributed by atoms with Gasteiger partial charge in [-0.3, -0.25) is 4.79 Å². The molecule has 0 aromatic heterocycles. The molecule has 0 atom stereocenters. The SMILES string of the molecule is CC(C)(C)OC(=O)CCCCCCCCCCCCCCCCC=O. The van der Waals surface area contributed by atoms with Gasteiger partial charge in [-0.25, -0.2) is 0 Å². The average Bonchev–Trinajstić information content (AvgIpc) is 2.53. The Balaban J connectivity index is 3.14. The molecule has 0 fully saturated rings. The molecular weight excluding hydrogens is 312 g/mol. The van der Waals surface area contributed by atoms with Crippen LogP contribution < -0.4 is 0 Å². The van der Waals surface area contributed by atoms with E-state index in [-0.39, 0.29) is 11.6 Å². The highest BCUT2D eigenvalue weighted by Crippen LogP contribution is 2.14. The lowest BCUT2D eigenvalue weighted by Gasteiger charge is -2.19.